The van der Waals surface area contributed by atoms with E-state index < -0.39 is 0 Å². The van der Waals surface area contributed by atoms with Crippen molar-refractivity contribution in [3.05, 3.63) is 34.9 Å². The van der Waals surface area contributed by atoms with Gasteiger partial charge in [0.2, 0.25) is 0 Å². The molecular formula is C13H17N3. The number of amidine groups is 1. The summed E-state index contributed by atoms with van der Waals surface area (Å²) in [5.41, 5.74) is 3.67. The fourth-order valence-corrected chi connectivity index (χ4v) is 1.68. The molecule has 3 heteroatoms. The Morgan fingerprint density at radius 3 is 2.75 bits per heavy atom. The van der Waals surface area contributed by atoms with Gasteiger partial charge in [0.25, 0.3) is 0 Å². The summed E-state index contributed by atoms with van der Waals surface area (Å²) < 4.78 is 0. The lowest BCUT2D eigenvalue weighted by Crippen LogP contribution is -2.14. The molecule has 1 aromatic carbocycles. The first-order valence-corrected chi connectivity index (χ1v) is 5.31. The second-order valence-electron chi connectivity index (χ2n) is 3.99. The van der Waals surface area contributed by atoms with Gasteiger partial charge in [0, 0.05) is 0 Å². The SMILES string of the molecule is CC(=N[C@@H](C)c1cc(C)ccc1C)NC#N. The minimum atomic E-state index is 0.0701. The highest BCUT2D eigenvalue weighted by Crippen LogP contribution is 2.21. The summed E-state index contributed by atoms with van der Waals surface area (Å²) in [6, 6.07) is 6.41. The zero-order valence-corrected chi connectivity index (χ0v) is 10.2. The first kappa shape index (κ1) is 12.3. The molecule has 0 amide bonds. The number of aryl methyl sites for hydroxylation is 2. The number of aliphatic imine (C=N–C) groups is 1. The average molecular weight is 215 g/mol. The van der Waals surface area contributed by atoms with Gasteiger partial charge in [0.05, 0.1) is 6.04 Å². The Bertz CT molecular complexity index is 441. The van der Waals surface area contributed by atoms with Crippen molar-refractivity contribution in [3.8, 4) is 6.19 Å². The number of nitriles is 1. The molecule has 3 nitrogen and oxygen atoms in total. The van der Waals surface area contributed by atoms with Crippen LogP contribution in [0, 0.1) is 25.3 Å². The lowest BCUT2D eigenvalue weighted by Gasteiger charge is -2.12. The van der Waals surface area contributed by atoms with Crippen LogP contribution in [0.5, 0.6) is 0 Å². The highest BCUT2D eigenvalue weighted by molar-refractivity contribution is 5.81. The van der Waals surface area contributed by atoms with Gasteiger partial charge in [-0.05, 0) is 38.8 Å². The van der Waals surface area contributed by atoms with E-state index in [2.05, 4.69) is 42.4 Å². The van der Waals surface area contributed by atoms with Crippen LogP contribution in [-0.2, 0) is 0 Å². The molecule has 0 aromatic heterocycles. The standard InChI is InChI=1S/C13H17N3/c1-9-5-6-10(2)13(7-9)11(3)16-12(4)15-8-14/h5-7,11H,1-4H3,(H,15,16)/t11-/m0/s1. The zero-order chi connectivity index (χ0) is 12.1. The third kappa shape index (κ3) is 3.09. The summed E-state index contributed by atoms with van der Waals surface area (Å²) in [6.07, 6.45) is 1.87. The monoisotopic (exact) mass is 215 g/mol. The first-order chi connectivity index (χ1) is 7.54. The van der Waals surface area contributed by atoms with Crippen LogP contribution in [0.2, 0.25) is 0 Å². The third-order valence-electron chi connectivity index (χ3n) is 2.51. The predicted molar refractivity (Wildman–Crippen MR) is 66.2 cm³/mol. The van der Waals surface area contributed by atoms with Crippen LogP contribution in [0.3, 0.4) is 0 Å². The van der Waals surface area contributed by atoms with Gasteiger partial charge in [-0.1, -0.05) is 23.8 Å². The van der Waals surface area contributed by atoms with Crippen LogP contribution in [-0.4, -0.2) is 5.84 Å². The lowest BCUT2D eigenvalue weighted by atomic mass is 10.0. The van der Waals surface area contributed by atoms with Gasteiger partial charge < -0.3 is 0 Å². The number of hydrogen-bond donors (Lipinski definition) is 1. The van der Waals surface area contributed by atoms with E-state index in [-0.39, 0.29) is 6.04 Å². The maximum absolute atomic E-state index is 8.48. The van der Waals surface area contributed by atoms with Gasteiger partial charge in [-0.3, -0.25) is 10.3 Å². The number of benzene rings is 1. The van der Waals surface area contributed by atoms with Gasteiger partial charge in [0.15, 0.2) is 6.19 Å². The van der Waals surface area contributed by atoms with Crippen LogP contribution in [0.4, 0.5) is 0 Å². The largest absolute Gasteiger partial charge is 0.281 e. The van der Waals surface area contributed by atoms with Crippen molar-refractivity contribution in [2.75, 3.05) is 0 Å². The average Bonchev–Trinajstić information content (AvgIpc) is 2.21. The quantitative estimate of drug-likeness (QED) is 0.357. The number of hydrogen-bond acceptors (Lipinski definition) is 2. The number of nitrogens with zero attached hydrogens (tertiary/aromatic N) is 2. The molecule has 0 saturated heterocycles. The van der Waals surface area contributed by atoms with Crippen LogP contribution < -0.4 is 5.32 Å². The highest BCUT2D eigenvalue weighted by atomic mass is 15.0. The minimum absolute atomic E-state index is 0.0701. The Morgan fingerprint density at radius 1 is 1.44 bits per heavy atom. The summed E-state index contributed by atoms with van der Waals surface area (Å²) in [5.74, 6) is 0.649. The molecule has 1 aromatic rings. The second-order valence-corrected chi connectivity index (χ2v) is 3.99. The molecule has 0 heterocycles. The Labute approximate surface area is 96.8 Å². The van der Waals surface area contributed by atoms with Crippen molar-refractivity contribution >= 4 is 5.84 Å². The molecule has 1 rings (SSSR count). The van der Waals surface area contributed by atoms with Crippen molar-refractivity contribution in [2.45, 2.75) is 33.7 Å². The Kier molecular flexibility index (Phi) is 4.07. The van der Waals surface area contributed by atoms with Crippen molar-refractivity contribution in [2.24, 2.45) is 4.99 Å². The van der Waals surface area contributed by atoms with E-state index >= 15 is 0 Å². The summed E-state index contributed by atoms with van der Waals surface area (Å²) in [5, 5.41) is 11.0. The van der Waals surface area contributed by atoms with E-state index in [9.17, 15) is 0 Å². The summed E-state index contributed by atoms with van der Waals surface area (Å²) in [6.45, 7) is 7.97. The summed E-state index contributed by atoms with van der Waals surface area (Å²) >= 11 is 0. The summed E-state index contributed by atoms with van der Waals surface area (Å²) in [4.78, 5) is 4.42. The van der Waals surface area contributed by atoms with Crippen LogP contribution >= 0.6 is 0 Å². The Morgan fingerprint density at radius 2 is 2.12 bits per heavy atom. The minimum Gasteiger partial charge on any atom is -0.281 e. The normalized spacial score (nSPS) is 13.1. The fourth-order valence-electron chi connectivity index (χ4n) is 1.68. The van der Waals surface area contributed by atoms with Crippen molar-refractivity contribution in [1.29, 1.82) is 5.26 Å². The van der Waals surface area contributed by atoms with Gasteiger partial charge in [0.1, 0.15) is 5.84 Å². The predicted octanol–water partition coefficient (Wildman–Crippen LogP) is 2.85. The van der Waals surface area contributed by atoms with Gasteiger partial charge in [-0.15, -0.1) is 0 Å². The van der Waals surface area contributed by atoms with Crippen molar-refractivity contribution < 1.29 is 0 Å². The molecule has 0 aliphatic carbocycles. The molecule has 16 heavy (non-hydrogen) atoms. The lowest BCUT2D eigenvalue weighted by molar-refractivity contribution is 0.803. The first-order valence-electron chi connectivity index (χ1n) is 5.31. The van der Waals surface area contributed by atoms with E-state index in [4.69, 9.17) is 5.26 Å². The Balaban J connectivity index is 2.97. The Hall–Kier alpha value is -1.82. The molecular weight excluding hydrogens is 198 g/mol. The van der Waals surface area contributed by atoms with Gasteiger partial charge >= 0.3 is 0 Å². The fraction of sp³-hybridized carbons (Fsp3) is 0.385. The van der Waals surface area contributed by atoms with E-state index in [1.165, 1.54) is 16.7 Å². The molecule has 0 aliphatic rings. The van der Waals surface area contributed by atoms with E-state index in [1.54, 1.807) is 6.92 Å². The molecule has 1 atom stereocenters. The number of rotatable bonds is 2. The molecule has 0 aliphatic heterocycles. The zero-order valence-electron chi connectivity index (χ0n) is 10.2. The topological polar surface area (TPSA) is 48.2 Å². The molecule has 0 spiro atoms. The maximum Gasteiger partial charge on any atom is 0.182 e. The van der Waals surface area contributed by atoms with Crippen LogP contribution in [0.15, 0.2) is 23.2 Å². The molecule has 0 bridgehead atoms. The summed E-state index contributed by atoms with van der Waals surface area (Å²) in [7, 11) is 0. The van der Waals surface area contributed by atoms with Gasteiger partial charge in [-0.25, -0.2) is 0 Å². The number of nitrogens with one attached hydrogen (secondary N) is 1. The smallest absolute Gasteiger partial charge is 0.182 e. The van der Waals surface area contributed by atoms with Crippen molar-refractivity contribution in [3.63, 3.8) is 0 Å². The van der Waals surface area contributed by atoms with Crippen molar-refractivity contribution in [1.82, 2.24) is 5.32 Å². The molecule has 1 N–H and O–H groups in total. The van der Waals surface area contributed by atoms with Gasteiger partial charge in [-0.2, -0.15) is 5.26 Å². The molecule has 0 unspecified atom stereocenters. The van der Waals surface area contributed by atoms with E-state index in [1.807, 2.05) is 13.1 Å². The molecule has 0 radical (unpaired) electrons. The van der Waals surface area contributed by atoms with E-state index in [0.29, 0.717) is 5.84 Å². The van der Waals surface area contributed by atoms with E-state index in [0.717, 1.165) is 0 Å². The van der Waals surface area contributed by atoms with Crippen LogP contribution in [0.25, 0.3) is 0 Å². The third-order valence-corrected chi connectivity index (χ3v) is 2.51. The van der Waals surface area contributed by atoms with Crippen LogP contribution in [0.1, 0.15) is 36.6 Å². The molecule has 0 fully saturated rings. The molecule has 0 saturated carbocycles. The maximum atomic E-state index is 8.48. The molecule has 84 valence electrons. The highest BCUT2D eigenvalue weighted by Gasteiger charge is 2.07. The second kappa shape index (κ2) is 5.32.